The molecule has 0 heterocycles. The van der Waals surface area contributed by atoms with Gasteiger partial charge in [0, 0.05) is 5.41 Å². The molecular formula is C40H26. The molecule has 1 unspecified atom stereocenters. The van der Waals surface area contributed by atoms with Gasteiger partial charge in [-0.1, -0.05) is 121 Å². The second-order valence-corrected chi connectivity index (χ2v) is 11.5. The van der Waals surface area contributed by atoms with E-state index in [0.717, 1.165) is 0 Å². The average molecular weight is 507 g/mol. The molecule has 0 aromatic heterocycles. The molecule has 186 valence electrons. The average Bonchev–Trinajstić information content (AvgIpc) is 3.27. The molecule has 40 heavy (non-hydrogen) atoms. The zero-order valence-corrected chi connectivity index (χ0v) is 22.3. The zero-order valence-electron chi connectivity index (χ0n) is 22.3. The van der Waals surface area contributed by atoms with Crippen molar-refractivity contribution in [3.63, 3.8) is 0 Å². The number of benzene rings is 8. The quantitative estimate of drug-likeness (QED) is 0.205. The Bertz CT molecular complexity index is 2260. The van der Waals surface area contributed by atoms with E-state index in [-0.39, 0.29) is 5.41 Å². The first-order valence-electron chi connectivity index (χ1n) is 14.1. The lowest BCUT2D eigenvalue weighted by molar-refractivity contribution is 0.715. The van der Waals surface area contributed by atoms with Crippen molar-refractivity contribution >= 4 is 43.1 Å². The van der Waals surface area contributed by atoms with Crippen LogP contribution >= 0.6 is 0 Å². The van der Waals surface area contributed by atoms with Gasteiger partial charge in [0.05, 0.1) is 0 Å². The van der Waals surface area contributed by atoms with Crippen LogP contribution in [-0.2, 0) is 5.41 Å². The molecular weight excluding hydrogens is 480 g/mol. The minimum Gasteiger partial charge on any atom is -0.0622 e. The summed E-state index contributed by atoms with van der Waals surface area (Å²) in [5.41, 5.74) is 9.18. The van der Waals surface area contributed by atoms with Gasteiger partial charge in [-0.2, -0.15) is 0 Å². The van der Waals surface area contributed by atoms with E-state index in [9.17, 15) is 0 Å². The fourth-order valence-electron chi connectivity index (χ4n) is 7.47. The molecule has 0 saturated carbocycles. The molecule has 0 spiro atoms. The van der Waals surface area contributed by atoms with Crippen molar-refractivity contribution in [2.45, 2.75) is 12.3 Å². The molecule has 1 aliphatic rings. The van der Waals surface area contributed by atoms with Crippen LogP contribution in [0.2, 0.25) is 0 Å². The molecule has 0 fully saturated rings. The Balaban J connectivity index is 1.29. The molecule has 8 aromatic carbocycles. The van der Waals surface area contributed by atoms with Crippen LogP contribution in [0.15, 0.2) is 140 Å². The van der Waals surface area contributed by atoms with Crippen LogP contribution < -0.4 is 0 Å². The van der Waals surface area contributed by atoms with E-state index in [4.69, 9.17) is 0 Å². The summed E-state index contributed by atoms with van der Waals surface area (Å²) < 4.78 is 0. The summed E-state index contributed by atoms with van der Waals surface area (Å²) in [6.45, 7) is 2.39. The van der Waals surface area contributed by atoms with Crippen molar-refractivity contribution in [1.29, 1.82) is 0 Å². The van der Waals surface area contributed by atoms with Crippen molar-refractivity contribution in [2.75, 3.05) is 0 Å². The second kappa shape index (κ2) is 7.81. The van der Waals surface area contributed by atoms with Crippen LogP contribution in [0.3, 0.4) is 0 Å². The fraction of sp³-hybridized carbons (Fsp3) is 0.0500. The maximum atomic E-state index is 2.46. The zero-order chi connectivity index (χ0) is 26.4. The third kappa shape index (κ3) is 2.81. The second-order valence-electron chi connectivity index (χ2n) is 11.5. The van der Waals surface area contributed by atoms with E-state index in [1.165, 1.54) is 82.0 Å². The standard InChI is InChI=1S/C40H26/c1-40(31-10-3-2-4-11-31)36-13-6-5-12-33(36)35-23-28-16-17-29(22-30(28)24-37(35)40)32-20-18-27-15-14-25-8-7-9-26-19-21-34(32)39(27)38(25)26/h2-24H,1H3. The van der Waals surface area contributed by atoms with Gasteiger partial charge in [-0.15, -0.1) is 0 Å². The molecule has 1 aliphatic carbocycles. The predicted octanol–water partition coefficient (Wildman–Crippen LogP) is 10.7. The SMILES string of the molecule is CC1(c2ccccc2)c2ccccc2-c2cc3ccc(-c4ccc5ccc6cccc7ccc4c5c67)cc3cc21. The lowest BCUT2D eigenvalue weighted by Crippen LogP contribution is -2.22. The molecule has 0 saturated heterocycles. The first-order valence-corrected chi connectivity index (χ1v) is 14.1. The van der Waals surface area contributed by atoms with Crippen LogP contribution in [0.5, 0.6) is 0 Å². The van der Waals surface area contributed by atoms with Gasteiger partial charge in [-0.25, -0.2) is 0 Å². The monoisotopic (exact) mass is 506 g/mol. The highest BCUT2D eigenvalue weighted by Crippen LogP contribution is 2.53. The molecule has 0 N–H and O–H groups in total. The highest BCUT2D eigenvalue weighted by molar-refractivity contribution is 6.25. The van der Waals surface area contributed by atoms with Gasteiger partial charge in [0.15, 0.2) is 0 Å². The predicted molar refractivity (Wildman–Crippen MR) is 171 cm³/mol. The number of fused-ring (bicyclic) bond motifs is 4. The minimum atomic E-state index is -0.190. The Hall–Kier alpha value is -4.94. The van der Waals surface area contributed by atoms with Crippen molar-refractivity contribution in [3.05, 3.63) is 156 Å². The number of hydrogen-bond acceptors (Lipinski definition) is 0. The molecule has 0 bridgehead atoms. The Kier molecular flexibility index (Phi) is 4.28. The first-order chi connectivity index (χ1) is 19.7. The van der Waals surface area contributed by atoms with Gasteiger partial charge in [0.1, 0.15) is 0 Å². The summed E-state index contributed by atoms with van der Waals surface area (Å²) in [6, 6.07) is 52.1. The largest absolute Gasteiger partial charge is 0.0622 e. The van der Waals surface area contributed by atoms with Crippen LogP contribution in [0.25, 0.3) is 65.3 Å². The summed E-state index contributed by atoms with van der Waals surface area (Å²) in [6.07, 6.45) is 0. The maximum Gasteiger partial charge on any atom is 0.0435 e. The summed E-state index contributed by atoms with van der Waals surface area (Å²) in [7, 11) is 0. The molecule has 0 nitrogen and oxygen atoms in total. The van der Waals surface area contributed by atoms with Crippen LogP contribution in [0, 0.1) is 0 Å². The molecule has 1 atom stereocenters. The van der Waals surface area contributed by atoms with E-state index in [1.54, 1.807) is 0 Å². The fourth-order valence-corrected chi connectivity index (χ4v) is 7.47. The molecule has 0 heteroatoms. The van der Waals surface area contributed by atoms with Gasteiger partial charge >= 0.3 is 0 Å². The first kappa shape index (κ1) is 21.9. The number of rotatable bonds is 2. The lowest BCUT2D eigenvalue weighted by Gasteiger charge is -2.28. The highest BCUT2D eigenvalue weighted by Gasteiger charge is 2.40. The van der Waals surface area contributed by atoms with Gasteiger partial charge in [-0.3, -0.25) is 0 Å². The normalized spacial score (nSPS) is 16.2. The van der Waals surface area contributed by atoms with Crippen molar-refractivity contribution in [1.82, 2.24) is 0 Å². The van der Waals surface area contributed by atoms with Gasteiger partial charge in [0.2, 0.25) is 0 Å². The van der Waals surface area contributed by atoms with E-state index in [1.807, 2.05) is 0 Å². The minimum absolute atomic E-state index is 0.190. The van der Waals surface area contributed by atoms with Crippen LogP contribution in [-0.4, -0.2) is 0 Å². The van der Waals surface area contributed by atoms with E-state index < -0.39 is 0 Å². The smallest absolute Gasteiger partial charge is 0.0435 e. The van der Waals surface area contributed by atoms with E-state index >= 15 is 0 Å². The Morgan fingerprint density at radius 3 is 1.95 bits per heavy atom. The Morgan fingerprint density at radius 2 is 1.10 bits per heavy atom. The third-order valence-corrected chi connectivity index (χ3v) is 9.46. The highest BCUT2D eigenvalue weighted by atomic mass is 14.4. The van der Waals surface area contributed by atoms with Crippen molar-refractivity contribution < 1.29 is 0 Å². The summed E-state index contributed by atoms with van der Waals surface area (Å²) >= 11 is 0. The van der Waals surface area contributed by atoms with Gasteiger partial charge in [-0.05, 0) is 107 Å². The summed E-state index contributed by atoms with van der Waals surface area (Å²) in [4.78, 5) is 0. The van der Waals surface area contributed by atoms with Gasteiger partial charge < -0.3 is 0 Å². The summed E-state index contributed by atoms with van der Waals surface area (Å²) in [5.74, 6) is 0. The molecule has 0 aliphatic heterocycles. The third-order valence-electron chi connectivity index (χ3n) is 9.46. The molecule has 0 amide bonds. The van der Waals surface area contributed by atoms with E-state index in [0.29, 0.717) is 0 Å². The molecule has 9 rings (SSSR count). The maximum absolute atomic E-state index is 2.46. The van der Waals surface area contributed by atoms with Crippen molar-refractivity contribution in [2.24, 2.45) is 0 Å². The number of hydrogen-bond donors (Lipinski definition) is 0. The molecule has 8 aromatic rings. The van der Waals surface area contributed by atoms with Gasteiger partial charge in [0.25, 0.3) is 0 Å². The van der Waals surface area contributed by atoms with E-state index in [2.05, 4.69) is 146 Å². The topological polar surface area (TPSA) is 0 Å². The van der Waals surface area contributed by atoms with Crippen molar-refractivity contribution in [3.8, 4) is 22.3 Å². The summed E-state index contributed by atoms with van der Waals surface area (Å²) in [5, 5.41) is 10.6. The molecule has 0 radical (unpaired) electrons. The lowest BCUT2D eigenvalue weighted by atomic mass is 9.74. The Labute approximate surface area is 233 Å². The van der Waals surface area contributed by atoms with Crippen LogP contribution in [0.1, 0.15) is 23.6 Å². The van der Waals surface area contributed by atoms with Crippen LogP contribution in [0.4, 0.5) is 0 Å². The Morgan fingerprint density at radius 1 is 0.400 bits per heavy atom.